The van der Waals surface area contributed by atoms with Crippen molar-refractivity contribution in [2.45, 2.75) is 31.9 Å². The standard InChI is InChI=1S/C30H32F2N3O5/c31-24-11-9-22(10-12-24)20-33(28-8-2-1-7-27(28)32)30(36)40-29-21-35(16-13-23(29)14-17-35)15-4-18-39-26-6-3-5-25(19-26)34(37)38/h1-3,5-12,19,23,29H,4,13-18,20-21H2/q+1. The number of hydrogen-bond acceptors (Lipinski definition) is 5. The van der Waals surface area contributed by atoms with Crippen LogP contribution in [-0.4, -0.2) is 54.4 Å². The first-order valence-electron chi connectivity index (χ1n) is 13.5. The van der Waals surface area contributed by atoms with Crippen molar-refractivity contribution in [2.24, 2.45) is 5.92 Å². The number of halogens is 2. The molecule has 3 fully saturated rings. The van der Waals surface area contributed by atoms with Crippen molar-refractivity contribution >= 4 is 17.5 Å². The molecule has 210 valence electrons. The monoisotopic (exact) mass is 552 g/mol. The second-order valence-electron chi connectivity index (χ2n) is 10.6. The van der Waals surface area contributed by atoms with Crippen molar-refractivity contribution in [1.29, 1.82) is 0 Å². The average Bonchev–Trinajstić information content (AvgIpc) is 2.96. The van der Waals surface area contributed by atoms with E-state index in [1.54, 1.807) is 36.4 Å². The van der Waals surface area contributed by atoms with Gasteiger partial charge < -0.3 is 14.0 Å². The van der Waals surface area contributed by atoms with E-state index in [-0.39, 0.29) is 35.8 Å². The summed E-state index contributed by atoms with van der Waals surface area (Å²) in [4.78, 5) is 25.3. The van der Waals surface area contributed by atoms with Crippen molar-refractivity contribution in [2.75, 3.05) is 37.7 Å². The number of rotatable bonds is 10. The fraction of sp³-hybridized carbons (Fsp3) is 0.367. The summed E-state index contributed by atoms with van der Waals surface area (Å²) in [7, 11) is 0. The number of quaternary nitrogens is 1. The molecule has 0 radical (unpaired) electrons. The quantitative estimate of drug-likeness (QED) is 0.132. The van der Waals surface area contributed by atoms with Crippen LogP contribution in [0, 0.1) is 27.7 Å². The summed E-state index contributed by atoms with van der Waals surface area (Å²) in [5.74, 6) is -0.214. The van der Waals surface area contributed by atoms with Crippen LogP contribution in [0.1, 0.15) is 24.8 Å². The number of hydrogen-bond donors (Lipinski definition) is 0. The number of nitrogens with zero attached hydrogens (tertiary/aromatic N) is 3. The zero-order chi connectivity index (χ0) is 28.1. The number of fused-ring (bicyclic) bond motifs is 3. The Morgan fingerprint density at radius 1 is 1.02 bits per heavy atom. The van der Waals surface area contributed by atoms with Crippen LogP contribution in [-0.2, 0) is 11.3 Å². The Morgan fingerprint density at radius 3 is 2.50 bits per heavy atom. The minimum absolute atomic E-state index is 0.00834. The summed E-state index contributed by atoms with van der Waals surface area (Å²) in [6.45, 7) is 3.96. The first-order valence-corrected chi connectivity index (χ1v) is 13.5. The van der Waals surface area contributed by atoms with E-state index in [9.17, 15) is 23.7 Å². The highest BCUT2D eigenvalue weighted by Crippen LogP contribution is 2.36. The fourth-order valence-corrected chi connectivity index (χ4v) is 5.83. The van der Waals surface area contributed by atoms with Crippen LogP contribution >= 0.6 is 0 Å². The van der Waals surface area contributed by atoms with E-state index >= 15 is 0 Å². The number of anilines is 1. The van der Waals surface area contributed by atoms with Gasteiger partial charge in [-0.2, -0.15) is 0 Å². The van der Waals surface area contributed by atoms with E-state index in [1.807, 2.05) is 0 Å². The summed E-state index contributed by atoms with van der Waals surface area (Å²) in [6.07, 6.45) is 1.69. The lowest BCUT2D eigenvalue weighted by Gasteiger charge is -2.52. The fourth-order valence-electron chi connectivity index (χ4n) is 5.83. The third kappa shape index (κ3) is 6.39. The Hall–Kier alpha value is -4.05. The van der Waals surface area contributed by atoms with Gasteiger partial charge in [-0.25, -0.2) is 13.6 Å². The Balaban J connectivity index is 1.22. The minimum Gasteiger partial charge on any atom is -0.493 e. The molecular formula is C30H32F2N3O5+. The van der Waals surface area contributed by atoms with E-state index in [1.165, 1.54) is 41.3 Å². The van der Waals surface area contributed by atoms with Crippen molar-refractivity contribution in [3.05, 3.63) is 100 Å². The second-order valence-corrected chi connectivity index (χ2v) is 10.6. The molecule has 0 N–H and O–H groups in total. The van der Waals surface area contributed by atoms with Crippen LogP contribution in [0.3, 0.4) is 0 Å². The molecule has 3 aliphatic heterocycles. The highest BCUT2D eigenvalue weighted by molar-refractivity contribution is 5.87. The molecule has 3 saturated heterocycles. The zero-order valence-corrected chi connectivity index (χ0v) is 22.1. The molecule has 2 bridgehead atoms. The molecular weight excluding hydrogens is 520 g/mol. The Bertz CT molecular complexity index is 1350. The number of amides is 1. The predicted molar refractivity (Wildman–Crippen MR) is 145 cm³/mol. The molecule has 10 heteroatoms. The van der Waals surface area contributed by atoms with Crippen LogP contribution in [0.4, 0.5) is 25.0 Å². The number of benzene rings is 3. The molecule has 0 aromatic heterocycles. The van der Waals surface area contributed by atoms with Crippen molar-refractivity contribution < 1.29 is 32.5 Å². The molecule has 8 nitrogen and oxygen atoms in total. The van der Waals surface area contributed by atoms with Gasteiger partial charge in [0.1, 0.15) is 23.9 Å². The largest absolute Gasteiger partial charge is 0.493 e. The van der Waals surface area contributed by atoms with E-state index in [2.05, 4.69) is 0 Å². The average molecular weight is 553 g/mol. The maximum absolute atomic E-state index is 14.8. The molecule has 40 heavy (non-hydrogen) atoms. The Labute approximate surface area is 231 Å². The smallest absolute Gasteiger partial charge is 0.415 e. The molecule has 6 rings (SSSR count). The molecule has 0 spiro atoms. The predicted octanol–water partition coefficient (Wildman–Crippen LogP) is 6.09. The van der Waals surface area contributed by atoms with Gasteiger partial charge in [-0.1, -0.05) is 30.3 Å². The van der Waals surface area contributed by atoms with E-state index in [0.717, 1.165) is 43.4 Å². The van der Waals surface area contributed by atoms with Gasteiger partial charge in [0.2, 0.25) is 0 Å². The summed E-state index contributed by atoms with van der Waals surface area (Å²) < 4.78 is 40.8. The van der Waals surface area contributed by atoms with Gasteiger partial charge in [0.25, 0.3) is 5.69 Å². The first kappa shape index (κ1) is 27.5. The van der Waals surface area contributed by atoms with Crippen LogP contribution < -0.4 is 9.64 Å². The third-order valence-electron chi connectivity index (χ3n) is 7.99. The van der Waals surface area contributed by atoms with Gasteiger partial charge in [-0.05, 0) is 35.9 Å². The number of nitro benzene ring substituents is 1. The maximum atomic E-state index is 14.8. The molecule has 1 atom stereocenters. The number of carbonyl (C=O) groups excluding carboxylic acids is 1. The van der Waals surface area contributed by atoms with E-state index in [4.69, 9.17) is 9.47 Å². The molecule has 1 amide bonds. The third-order valence-corrected chi connectivity index (χ3v) is 7.99. The van der Waals surface area contributed by atoms with Crippen molar-refractivity contribution in [1.82, 2.24) is 0 Å². The summed E-state index contributed by atoms with van der Waals surface area (Å²) in [6, 6.07) is 18.0. The molecule has 3 aromatic carbocycles. The molecule has 0 saturated carbocycles. The van der Waals surface area contributed by atoms with Gasteiger partial charge in [0.15, 0.2) is 6.10 Å². The van der Waals surface area contributed by atoms with Gasteiger partial charge in [0.05, 0.1) is 49.5 Å². The molecule has 1 unspecified atom stereocenters. The molecule has 3 aromatic rings. The lowest BCUT2D eigenvalue weighted by molar-refractivity contribution is -0.946. The van der Waals surface area contributed by atoms with Gasteiger partial charge in [-0.3, -0.25) is 15.0 Å². The normalized spacial score (nSPS) is 21.6. The summed E-state index contributed by atoms with van der Waals surface area (Å²) >= 11 is 0. The number of piperidine rings is 3. The zero-order valence-electron chi connectivity index (χ0n) is 22.1. The van der Waals surface area contributed by atoms with Gasteiger partial charge in [0, 0.05) is 31.2 Å². The van der Waals surface area contributed by atoms with Crippen LogP contribution in [0.2, 0.25) is 0 Å². The number of carbonyl (C=O) groups is 1. The lowest BCUT2D eigenvalue weighted by atomic mass is 9.83. The van der Waals surface area contributed by atoms with Crippen molar-refractivity contribution in [3.8, 4) is 5.75 Å². The molecule has 3 aliphatic rings. The highest BCUT2D eigenvalue weighted by atomic mass is 19.1. The number of nitro groups is 1. The van der Waals surface area contributed by atoms with Crippen molar-refractivity contribution in [3.63, 3.8) is 0 Å². The van der Waals surface area contributed by atoms with Crippen LogP contribution in [0.5, 0.6) is 5.75 Å². The first-order chi connectivity index (χ1) is 19.3. The van der Waals surface area contributed by atoms with E-state index in [0.29, 0.717) is 24.5 Å². The Morgan fingerprint density at radius 2 is 1.77 bits per heavy atom. The highest BCUT2D eigenvalue weighted by Gasteiger charge is 2.47. The maximum Gasteiger partial charge on any atom is 0.415 e. The SMILES string of the molecule is O=C(OC1C[N+]2(CCCOc3cccc([N+](=O)[O-])c3)CCC1CC2)N(Cc1ccc(F)cc1)c1ccccc1F. The minimum atomic E-state index is -0.625. The number of para-hydroxylation sites is 1. The lowest BCUT2D eigenvalue weighted by Crippen LogP contribution is -2.65. The van der Waals surface area contributed by atoms with Crippen LogP contribution in [0.25, 0.3) is 0 Å². The number of non-ortho nitro benzene ring substituents is 1. The van der Waals surface area contributed by atoms with Gasteiger partial charge >= 0.3 is 6.09 Å². The molecule has 3 heterocycles. The topological polar surface area (TPSA) is 81.9 Å². The van der Waals surface area contributed by atoms with Crippen LogP contribution in [0.15, 0.2) is 72.8 Å². The van der Waals surface area contributed by atoms with E-state index < -0.39 is 16.8 Å². The summed E-state index contributed by atoms with van der Waals surface area (Å²) in [5.41, 5.74) is 0.758. The summed E-state index contributed by atoms with van der Waals surface area (Å²) in [5, 5.41) is 11.0. The van der Waals surface area contributed by atoms with Gasteiger partial charge in [-0.15, -0.1) is 0 Å². The molecule has 0 aliphatic carbocycles. The number of ether oxygens (including phenoxy) is 2. The second kappa shape index (κ2) is 12.0. The Kier molecular flexibility index (Phi) is 8.25.